The summed E-state index contributed by atoms with van der Waals surface area (Å²) in [7, 11) is 0. The van der Waals surface area contributed by atoms with E-state index in [0.717, 1.165) is 25.9 Å². The van der Waals surface area contributed by atoms with E-state index in [1.165, 1.54) is 4.57 Å². The van der Waals surface area contributed by atoms with Crippen LogP contribution in [0.15, 0.2) is 23.1 Å². The summed E-state index contributed by atoms with van der Waals surface area (Å²) in [6.07, 6.45) is 3.70. The standard InChI is InChI=1S/C12H17N3O2/c1-9(11(16)14-6-2-3-7-14)15-8-4-5-10(13)12(15)17/h4-5,8-9H,2-3,6-7,13H2,1H3/t9-/m0/s1. The fourth-order valence-electron chi connectivity index (χ4n) is 2.15. The lowest BCUT2D eigenvalue weighted by atomic mass is 10.2. The Kier molecular flexibility index (Phi) is 3.17. The van der Waals surface area contributed by atoms with E-state index in [9.17, 15) is 9.59 Å². The van der Waals surface area contributed by atoms with Gasteiger partial charge < -0.3 is 15.2 Å². The molecule has 0 spiro atoms. The molecule has 1 aromatic rings. The number of nitrogens with two attached hydrogens (primary N) is 1. The van der Waals surface area contributed by atoms with Crippen LogP contribution in [0.4, 0.5) is 5.69 Å². The third-order valence-corrected chi connectivity index (χ3v) is 3.20. The monoisotopic (exact) mass is 235 g/mol. The van der Waals surface area contributed by atoms with Gasteiger partial charge in [-0.25, -0.2) is 0 Å². The van der Waals surface area contributed by atoms with Gasteiger partial charge in [0.1, 0.15) is 6.04 Å². The van der Waals surface area contributed by atoms with Gasteiger partial charge in [-0.05, 0) is 31.9 Å². The Morgan fingerprint density at radius 1 is 1.41 bits per heavy atom. The number of nitrogens with zero attached hydrogens (tertiary/aromatic N) is 2. The maximum absolute atomic E-state index is 12.1. The van der Waals surface area contributed by atoms with Crippen molar-refractivity contribution in [1.82, 2.24) is 9.47 Å². The van der Waals surface area contributed by atoms with Crippen LogP contribution < -0.4 is 11.3 Å². The number of rotatable bonds is 2. The normalized spacial score (nSPS) is 17.1. The fourth-order valence-corrected chi connectivity index (χ4v) is 2.15. The summed E-state index contributed by atoms with van der Waals surface area (Å²) in [6, 6.07) is 2.75. The minimum atomic E-state index is -0.482. The van der Waals surface area contributed by atoms with Gasteiger partial charge >= 0.3 is 0 Å². The van der Waals surface area contributed by atoms with E-state index in [2.05, 4.69) is 0 Å². The van der Waals surface area contributed by atoms with E-state index < -0.39 is 6.04 Å². The van der Waals surface area contributed by atoms with Gasteiger partial charge in [0.15, 0.2) is 0 Å². The average molecular weight is 235 g/mol. The minimum absolute atomic E-state index is 0.00444. The molecule has 1 fully saturated rings. The molecule has 1 atom stereocenters. The first-order valence-electron chi connectivity index (χ1n) is 5.86. The highest BCUT2D eigenvalue weighted by Gasteiger charge is 2.24. The minimum Gasteiger partial charge on any atom is -0.394 e. The summed E-state index contributed by atoms with van der Waals surface area (Å²) in [5.41, 5.74) is 5.43. The molecule has 0 radical (unpaired) electrons. The Balaban J connectivity index is 2.24. The molecule has 1 aliphatic rings. The molecule has 2 rings (SSSR count). The van der Waals surface area contributed by atoms with Crippen LogP contribution in [0.3, 0.4) is 0 Å². The van der Waals surface area contributed by atoms with Crippen molar-refractivity contribution in [2.45, 2.75) is 25.8 Å². The van der Waals surface area contributed by atoms with Crippen molar-refractivity contribution in [2.24, 2.45) is 0 Å². The second kappa shape index (κ2) is 4.61. The molecule has 2 heterocycles. The summed E-state index contributed by atoms with van der Waals surface area (Å²) in [6.45, 7) is 3.32. The third kappa shape index (κ3) is 2.18. The lowest BCUT2D eigenvalue weighted by Crippen LogP contribution is -2.37. The van der Waals surface area contributed by atoms with Gasteiger partial charge in [0.2, 0.25) is 5.91 Å². The molecule has 0 aliphatic carbocycles. The molecule has 1 aromatic heterocycles. The van der Waals surface area contributed by atoms with Crippen molar-refractivity contribution in [3.63, 3.8) is 0 Å². The van der Waals surface area contributed by atoms with Gasteiger partial charge in [0.25, 0.3) is 5.56 Å². The number of pyridine rings is 1. The van der Waals surface area contributed by atoms with Crippen LogP contribution in [-0.2, 0) is 4.79 Å². The molecule has 0 bridgehead atoms. The molecule has 17 heavy (non-hydrogen) atoms. The van der Waals surface area contributed by atoms with E-state index in [1.807, 2.05) is 0 Å². The Morgan fingerprint density at radius 3 is 2.71 bits per heavy atom. The van der Waals surface area contributed by atoms with E-state index in [1.54, 1.807) is 30.2 Å². The molecule has 5 nitrogen and oxygen atoms in total. The van der Waals surface area contributed by atoms with Crippen LogP contribution >= 0.6 is 0 Å². The number of carbonyl (C=O) groups is 1. The highest BCUT2D eigenvalue weighted by Crippen LogP contribution is 2.14. The molecule has 5 heteroatoms. The van der Waals surface area contributed by atoms with Gasteiger partial charge in [0.05, 0.1) is 5.69 Å². The fraction of sp³-hybridized carbons (Fsp3) is 0.500. The van der Waals surface area contributed by atoms with E-state index in [-0.39, 0.29) is 17.2 Å². The van der Waals surface area contributed by atoms with Gasteiger partial charge in [-0.3, -0.25) is 9.59 Å². The average Bonchev–Trinajstić information content (AvgIpc) is 2.84. The zero-order valence-corrected chi connectivity index (χ0v) is 9.93. The number of hydrogen-bond donors (Lipinski definition) is 1. The second-order valence-electron chi connectivity index (χ2n) is 4.38. The molecule has 92 valence electrons. The number of amides is 1. The number of hydrogen-bond acceptors (Lipinski definition) is 3. The summed E-state index contributed by atoms with van der Waals surface area (Å²) in [5, 5.41) is 0. The number of likely N-dealkylation sites (tertiary alicyclic amines) is 1. The van der Waals surface area contributed by atoms with Crippen molar-refractivity contribution in [3.8, 4) is 0 Å². The quantitative estimate of drug-likeness (QED) is 0.816. The van der Waals surface area contributed by atoms with Crippen molar-refractivity contribution in [2.75, 3.05) is 18.8 Å². The predicted molar refractivity (Wildman–Crippen MR) is 65.6 cm³/mol. The van der Waals surface area contributed by atoms with Crippen molar-refractivity contribution in [1.29, 1.82) is 0 Å². The predicted octanol–water partition coefficient (Wildman–Crippen LogP) is 0.614. The Labute approximate surface area is 99.8 Å². The zero-order chi connectivity index (χ0) is 12.4. The first-order chi connectivity index (χ1) is 8.11. The molecule has 2 N–H and O–H groups in total. The molecule has 0 saturated carbocycles. The van der Waals surface area contributed by atoms with Crippen molar-refractivity contribution >= 4 is 11.6 Å². The van der Waals surface area contributed by atoms with E-state index in [4.69, 9.17) is 5.73 Å². The molecule has 0 unspecified atom stereocenters. The summed E-state index contributed by atoms with van der Waals surface area (Å²) in [4.78, 5) is 25.7. The summed E-state index contributed by atoms with van der Waals surface area (Å²) in [5.74, 6) is -0.00444. The first kappa shape index (κ1) is 11.7. The van der Waals surface area contributed by atoms with Crippen LogP contribution in [-0.4, -0.2) is 28.5 Å². The number of carbonyl (C=O) groups excluding carboxylic acids is 1. The topological polar surface area (TPSA) is 68.3 Å². The largest absolute Gasteiger partial charge is 0.394 e. The zero-order valence-electron chi connectivity index (χ0n) is 9.93. The van der Waals surface area contributed by atoms with Crippen LogP contribution in [0.5, 0.6) is 0 Å². The molecule has 1 saturated heterocycles. The molecule has 0 aromatic carbocycles. The maximum atomic E-state index is 12.1. The van der Waals surface area contributed by atoms with Crippen molar-refractivity contribution in [3.05, 3.63) is 28.7 Å². The Morgan fingerprint density at radius 2 is 2.06 bits per heavy atom. The van der Waals surface area contributed by atoms with Crippen LogP contribution in [0.25, 0.3) is 0 Å². The SMILES string of the molecule is C[C@@H](C(=O)N1CCCC1)n1cccc(N)c1=O. The highest BCUT2D eigenvalue weighted by molar-refractivity contribution is 5.80. The van der Waals surface area contributed by atoms with Crippen LogP contribution in [0.2, 0.25) is 0 Å². The second-order valence-corrected chi connectivity index (χ2v) is 4.38. The summed E-state index contributed by atoms with van der Waals surface area (Å²) < 4.78 is 1.40. The third-order valence-electron chi connectivity index (χ3n) is 3.20. The van der Waals surface area contributed by atoms with Gasteiger partial charge in [-0.2, -0.15) is 0 Å². The maximum Gasteiger partial charge on any atom is 0.274 e. The highest BCUT2D eigenvalue weighted by atomic mass is 16.2. The summed E-state index contributed by atoms with van der Waals surface area (Å²) >= 11 is 0. The van der Waals surface area contributed by atoms with Gasteiger partial charge in [-0.1, -0.05) is 0 Å². The number of anilines is 1. The van der Waals surface area contributed by atoms with E-state index >= 15 is 0 Å². The lowest BCUT2D eigenvalue weighted by Gasteiger charge is -2.21. The number of aromatic nitrogens is 1. The molecule has 1 aliphatic heterocycles. The van der Waals surface area contributed by atoms with E-state index in [0.29, 0.717) is 0 Å². The smallest absolute Gasteiger partial charge is 0.274 e. The Bertz CT molecular complexity index is 475. The van der Waals surface area contributed by atoms with Crippen LogP contribution in [0, 0.1) is 0 Å². The lowest BCUT2D eigenvalue weighted by molar-refractivity contribution is -0.133. The van der Waals surface area contributed by atoms with Crippen LogP contribution in [0.1, 0.15) is 25.8 Å². The van der Waals surface area contributed by atoms with Gasteiger partial charge in [0, 0.05) is 19.3 Å². The Hall–Kier alpha value is -1.78. The molecule has 1 amide bonds. The first-order valence-corrected chi connectivity index (χ1v) is 5.86. The number of nitrogen functional groups attached to an aromatic ring is 1. The molecular formula is C12H17N3O2. The van der Waals surface area contributed by atoms with Crippen molar-refractivity contribution < 1.29 is 4.79 Å². The van der Waals surface area contributed by atoms with Gasteiger partial charge in [-0.15, -0.1) is 0 Å². The molecular weight excluding hydrogens is 218 g/mol.